The van der Waals surface area contributed by atoms with Crippen LogP contribution >= 0.6 is 0 Å². The van der Waals surface area contributed by atoms with Gasteiger partial charge >= 0.3 is 0 Å². The minimum Gasteiger partial charge on any atom is -0.371 e. The Bertz CT molecular complexity index is 493. The minimum atomic E-state index is -0.00201. The summed E-state index contributed by atoms with van der Waals surface area (Å²) in [6.45, 7) is 4.44. The van der Waals surface area contributed by atoms with E-state index in [9.17, 15) is 4.79 Å². The molecule has 0 radical (unpaired) electrons. The molecule has 0 unspecified atom stereocenters. The second kappa shape index (κ2) is 6.84. The lowest BCUT2D eigenvalue weighted by Crippen LogP contribution is -2.20. The Kier molecular flexibility index (Phi) is 4.85. The first-order valence-corrected chi connectivity index (χ1v) is 6.84. The van der Waals surface area contributed by atoms with Gasteiger partial charge in [0.2, 0.25) is 5.91 Å². The molecule has 1 aliphatic rings. The quantitative estimate of drug-likeness (QED) is 0.664. The zero-order valence-corrected chi connectivity index (χ0v) is 11.4. The lowest BCUT2D eigenvalue weighted by Gasteiger charge is -2.17. The Morgan fingerprint density at radius 2 is 2.16 bits per heavy atom. The molecule has 0 bridgehead atoms. The molecule has 1 aromatic carbocycles. The first-order valence-electron chi connectivity index (χ1n) is 6.84. The van der Waals surface area contributed by atoms with Crippen molar-refractivity contribution in [1.29, 1.82) is 0 Å². The predicted octanol–water partition coefficient (Wildman–Crippen LogP) is 2.16. The maximum absolute atomic E-state index is 10.7. The number of benzene rings is 1. The molecule has 1 saturated heterocycles. The summed E-state index contributed by atoms with van der Waals surface area (Å²) in [5.74, 6) is 6.24. The smallest absolute Gasteiger partial charge is 0.216 e. The molecule has 1 fully saturated rings. The summed E-state index contributed by atoms with van der Waals surface area (Å²) in [4.78, 5) is 13.1. The van der Waals surface area contributed by atoms with E-state index < -0.39 is 0 Å². The third-order valence-corrected chi connectivity index (χ3v) is 3.17. The number of amides is 1. The van der Waals surface area contributed by atoms with E-state index >= 15 is 0 Å². The summed E-state index contributed by atoms with van der Waals surface area (Å²) in [7, 11) is 0. The molecule has 0 aliphatic carbocycles. The maximum Gasteiger partial charge on any atom is 0.216 e. The molecule has 0 saturated carbocycles. The number of nitrogens with zero attached hydrogens (tertiary/aromatic N) is 1. The van der Waals surface area contributed by atoms with Gasteiger partial charge in [0.1, 0.15) is 0 Å². The zero-order chi connectivity index (χ0) is 13.5. The third-order valence-electron chi connectivity index (χ3n) is 3.17. The summed E-state index contributed by atoms with van der Waals surface area (Å²) in [5.41, 5.74) is 2.32. The standard InChI is InChI=1S/C16H20N2O/c1-14(19)17-10-3-2-7-15-8-6-9-16(13-15)18-11-4-5-12-18/h6,8-9,13H,3-5,10-12H2,1H3,(H,17,19). The van der Waals surface area contributed by atoms with Crippen LogP contribution in [0.3, 0.4) is 0 Å². The van der Waals surface area contributed by atoms with Gasteiger partial charge in [-0.05, 0) is 31.0 Å². The number of rotatable bonds is 3. The molecule has 1 amide bonds. The highest BCUT2D eigenvalue weighted by Gasteiger charge is 2.11. The van der Waals surface area contributed by atoms with Gasteiger partial charge in [0.25, 0.3) is 0 Å². The van der Waals surface area contributed by atoms with Crippen LogP contribution in [0.2, 0.25) is 0 Å². The van der Waals surface area contributed by atoms with Crippen molar-refractivity contribution in [2.75, 3.05) is 24.5 Å². The molecule has 3 heteroatoms. The van der Waals surface area contributed by atoms with Crippen LogP contribution in [0.15, 0.2) is 24.3 Å². The van der Waals surface area contributed by atoms with Crippen LogP contribution in [-0.2, 0) is 4.79 Å². The lowest BCUT2D eigenvalue weighted by molar-refractivity contribution is -0.118. The fraction of sp³-hybridized carbons (Fsp3) is 0.438. The van der Waals surface area contributed by atoms with E-state index in [1.54, 1.807) is 0 Å². The van der Waals surface area contributed by atoms with E-state index in [2.05, 4.69) is 40.3 Å². The number of nitrogens with one attached hydrogen (secondary N) is 1. The van der Waals surface area contributed by atoms with Crippen molar-refractivity contribution < 1.29 is 4.79 Å². The van der Waals surface area contributed by atoms with Crippen LogP contribution in [0.4, 0.5) is 5.69 Å². The number of hydrogen-bond acceptors (Lipinski definition) is 2. The first-order chi connectivity index (χ1) is 9.25. The van der Waals surface area contributed by atoms with E-state index in [0.29, 0.717) is 13.0 Å². The summed E-state index contributed by atoms with van der Waals surface area (Å²) in [5, 5.41) is 2.74. The Labute approximate surface area is 115 Å². The van der Waals surface area contributed by atoms with Crippen LogP contribution in [0.25, 0.3) is 0 Å². The van der Waals surface area contributed by atoms with E-state index in [4.69, 9.17) is 0 Å². The molecule has 0 aromatic heterocycles. The molecule has 3 nitrogen and oxygen atoms in total. The van der Waals surface area contributed by atoms with Crippen molar-refractivity contribution in [2.45, 2.75) is 26.2 Å². The van der Waals surface area contributed by atoms with Gasteiger partial charge in [-0.3, -0.25) is 4.79 Å². The van der Waals surface area contributed by atoms with Crippen molar-refractivity contribution >= 4 is 11.6 Å². The average molecular weight is 256 g/mol. The molecule has 19 heavy (non-hydrogen) atoms. The lowest BCUT2D eigenvalue weighted by atomic mass is 10.2. The van der Waals surface area contributed by atoms with Crippen molar-refractivity contribution in [2.24, 2.45) is 0 Å². The van der Waals surface area contributed by atoms with Gasteiger partial charge in [-0.2, -0.15) is 0 Å². The molecular formula is C16H20N2O. The Morgan fingerprint density at radius 3 is 2.89 bits per heavy atom. The number of hydrogen-bond donors (Lipinski definition) is 1. The Morgan fingerprint density at radius 1 is 1.37 bits per heavy atom. The molecule has 100 valence electrons. The molecule has 0 spiro atoms. The van der Waals surface area contributed by atoms with E-state index in [1.807, 2.05) is 6.07 Å². The van der Waals surface area contributed by atoms with Crippen LogP contribution in [0, 0.1) is 11.8 Å². The van der Waals surface area contributed by atoms with Gasteiger partial charge in [-0.1, -0.05) is 17.9 Å². The van der Waals surface area contributed by atoms with Crippen molar-refractivity contribution in [1.82, 2.24) is 5.32 Å². The Balaban J connectivity index is 1.91. The van der Waals surface area contributed by atoms with Crippen LogP contribution < -0.4 is 10.2 Å². The highest BCUT2D eigenvalue weighted by Crippen LogP contribution is 2.20. The molecule has 1 aromatic rings. The number of carbonyl (C=O) groups excluding carboxylic acids is 1. The first kappa shape index (κ1) is 13.5. The van der Waals surface area contributed by atoms with Crippen molar-refractivity contribution in [3.8, 4) is 11.8 Å². The molecular weight excluding hydrogens is 236 g/mol. The third kappa shape index (κ3) is 4.33. The van der Waals surface area contributed by atoms with Gasteiger partial charge in [-0.25, -0.2) is 0 Å². The normalized spacial score (nSPS) is 13.8. The fourth-order valence-electron chi connectivity index (χ4n) is 2.22. The molecule has 1 aliphatic heterocycles. The Hall–Kier alpha value is -1.95. The molecule has 1 N–H and O–H groups in total. The summed E-state index contributed by atoms with van der Waals surface area (Å²) in [6, 6.07) is 8.39. The summed E-state index contributed by atoms with van der Waals surface area (Å²) >= 11 is 0. The second-order valence-corrected chi connectivity index (χ2v) is 4.78. The number of anilines is 1. The molecule has 1 heterocycles. The zero-order valence-electron chi connectivity index (χ0n) is 11.4. The SMILES string of the molecule is CC(=O)NCCC#Cc1cccc(N2CCCC2)c1. The summed E-state index contributed by atoms with van der Waals surface area (Å²) in [6.07, 6.45) is 3.26. The van der Waals surface area contributed by atoms with Crippen molar-refractivity contribution in [3.63, 3.8) is 0 Å². The summed E-state index contributed by atoms with van der Waals surface area (Å²) < 4.78 is 0. The maximum atomic E-state index is 10.7. The van der Waals surface area contributed by atoms with E-state index in [-0.39, 0.29) is 5.91 Å². The largest absolute Gasteiger partial charge is 0.371 e. The topological polar surface area (TPSA) is 32.3 Å². The number of carbonyl (C=O) groups is 1. The fourth-order valence-corrected chi connectivity index (χ4v) is 2.22. The van der Waals surface area contributed by atoms with Gasteiger partial charge in [0.05, 0.1) is 0 Å². The van der Waals surface area contributed by atoms with E-state index in [1.165, 1.54) is 25.5 Å². The van der Waals surface area contributed by atoms with Gasteiger partial charge in [0, 0.05) is 44.2 Å². The van der Waals surface area contributed by atoms with Gasteiger partial charge in [0.15, 0.2) is 0 Å². The highest BCUT2D eigenvalue weighted by atomic mass is 16.1. The van der Waals surface area contributed by atoms with Crippen LogP contribution in [0.1, 0.15) is 31.7 Å². The van der Waals surface area contributed by atoms with E-state index in [0.717, 1.165) is 18.7 Å². The monoisotopic (exact) mass is 256 g/mol. The van der Waals surface area contributed by atoms with Gasteiger partial charge < -0.3 is 10.2 Å². The predicted molar refractivity (Wildman–Crippen MR) is 78.1 cm³/mol. The second-order valence-electron chi connectivity index (χ2n) is 4.78. The molecule has 2 rings (SSSR count). The van der Waals surface area contributed by atoms with Crippen LogP contribution in [0.5, 0.6) is 0 Å². The minimum absolute atomic E-state index is 0.00201. The average Bonchev–Trinajstić information content (AvgIpc) is 2.92. The van der Waals surface area contributed by atoms with Crippen LogP contribution in [-0.4, -0.2) is 25.5 Å². The molecule has 0 atom stereocenters. The van der Waals surface area contributed by atoms with Crippen molar-refractivity contribution in [3.05, 3.63) is 29.8 Å². The van der Waals surface area contributed by atoms with Gasteiger partial charge in [-0.15, -0.1) is 0 Å². The highest BCUT2D eigenvalue weighted by molar-refractivity contribution is 5.72.